The monoisotopic (exact) mass is 118 g/mol. The van der Waals surface area contributed by atoms with Gasteiger partial charge in [-0.05, 0) is 12.2 Å². The highest BCUT2D eigenvalue weighted by Gasteiger charge is 1.86. The number of carbonyl (C=O) groups is 1. The fraction of sp³-hybridized carbons (Fsp3) is 0.500. The highest BCUT2D eigenvalue weighted by Crippen LogP contribution is 1.82. The first-order chi connectivity index (χ1) is 3.31. The van der Waals surface area contributed by atoms with Crippen molar-refractivity contribution in [1.29, 1.82) is 0 Å². The van der Waals surface area contributed by atoms with Gasteiger partial charge >= 0.3 is 0 Å². The van der Waals surface area contributed by atoms with Gasteiger partial charge in [-0.1, -0.05) is 6.92 Å². The molecule has 0 atom stereocenters. The van der Waals surface area contributed by atoms with Crippen molar-refractivity contribution < 1.29 is 9.53 Å². The Kier molecular flexibility index (Phi) is 3.50. The van der Waals surface area contributed by atoms with Crippen LogP contribution in [0, 0.1) is 0 Å². The van der Waals surface area contributed by atoms with Gasteiger partial charge in [-0.3, -0.25) is 4.79 Å². The topological polar surface area (TPSA) is 26.3 Å². The maximum absolute atomic E-state index is 9.46. The van der Waals surface area contributed by atoms with Crippen LogP contribution in [0.25, 0.3) is 0 Å². The van der Waals surface area contributed by atoms with Crippen LogP contribution >= 0.6 is 12.2 Å². The Bertz CT molecular complexity index is 79.8. The van der Waals surface area contributed by atoms with Crippen molar-refractivity contribution in [3.8, 4) is 0 Å². The Morgan fingerprint density at radius 2 is 2.57 bits per heavy atom. The van der Waals surface area contributed by atoms with E-state index in [1.54, 1.807) is 0 Å². The first-order valence-electron chi connectivity index (χ1n) is 1.94. The standard InChI is InChI=1S/C4H6O2S/c1-2-4(7)6-3-5/h3H,2H2,1H3. The van der Waals surface area contributed by atoms with Crippen molar-refractivity contribution in [3.63, 3.8) is 0 Å². The predicted octanol–water partition coefficient (Wildman–Crippen LogP) is 0.897. The van der Waals surface area contributed by atoms with E-state index in [9.17, 15) is 4.79 Å². The lowest BCUT2D eigenvalue weighted by molar-refractivity contribution is -0.121. The van der Waals surface area contributed by atoms with Crippen LogP contribution in [-0.4, -0.2) is 11.5 Å². The highest BCUT2D eigenvalue weighted by molar-refractivity contribution is 7.80. The quantitative estimate of drug-likeness (QED) is 0.398. The van der Waals surface area contributed by atoms with E-state index >= 15 is 0 Å². The number of thiocarbonyl (C=S) groups is 1. The number of ether oxygens (including phenoxy) is 1. The number of hydrogen-bond acceptors (Lipinski definition) is 3. The lowest BCUT2D eigenvalue weighted by atomic mass is 10.5. The second-order valence-electron chi connectivity index (χ2n) is 0.940. The average molecular weight is 118 g/mol. The van der Waals surface area contributed by atoms with Crippen LogP contribution in [0.2, 0.25) is 0 Å². The van der Waals surface area contributed by atoms with E-state index in [0.29, 0.717) is 17.9 Å². The zero-order valence-corrected chi connectivity index (χ0v) is 4.83. The average Bonchev–Trinajstić information content (AvgIpc) is 1.68. The zero-order chi connectivity index (χ0) is 5.70. The molecule has 0 aromatic heterocycles. The first-order valence-corrected chi connectivity index (χ1v) is 2.35. The van der Waals surface area contributed by atoms with Crippen LogP contribution in [0.3, 0.4) is 0 Å². The summed E-state index contributed by atoms with van der Waals surface area (Å²) in [7, 11) is 0. The molecule has 0 heterocycles. The van der Waals surface area contributed by atoms with Crippen LogP contribution in [-0.2, 0) is 9.53 Å². The summed E-state index contributed by atoms with van der Waals surface area (Å²) in [6.45, 7) is 2.16. The number of rotatable bonds is 2. The van der Waals surface area contributed by atoms with E-state index < -0.39 is 0 Å². The molecule has 0 aromatic carbocycles. The predicted molar refractivity (Wildman–Crippen MR) is 30.0 cm³/mol. The van der Waals surface area contributed by atoms with Crippen LogP contribution in [0.5, 0.6) is 0 Å². The minimum absolute atomic E-state index is 0.339. The van der Waals surface area contributed by atoms with Crippen LogP contribution in [0.1, 0.15) is 13.3 Å². The highest BCUT2D eigenvalue weighted by atomic mass is 32.1. The van der Waals surface area contributed by atoms with Gasteiger partial charge in [0.15, 0.2) is 5.05 Å². The van der Waals surface area contributed by atoms with Gasteiger partial charge in [0, 0.05) is 6.42 Å². The Morgan fingerprint density at radius 3 is 2.71 bits per heavy atom. The molecule has 0 fully saturated rings. The summed E-state index contributed by atoms with van der Waals surface area (Å²) in [5, 5.41) is 0.343. The van der Waals surface area contributed by atoms with E-state index in [0.717, 1.165) is 0 Å². The van der Waals surface area contributed by atoms with Crippen molar-refractivity contribution >= 4 is 23.7 Å². The Labute approximate surface area is 47.5 Å². The van der Waals surface area contributed by atoms with Gasteiger partial charge in [-0.25, -0.2) is 0 Å². The molecule has 0 unspecified atom stereocenters. The summed E-state index contributed by atoms with van der Waals surface area (Å²) in [5.74, 6) is 0. The third kappa shape index (κ3) is 3.39. The van der Waals surface area contributed by atoms with Crippen molar-refractivity contribution in [2.24, 2.45) is 0 Å². The van der Waals surface area contributed by atoms with Gasteiger partial charge in [-0.2, -0.15) is 0 Å². The van der Waals surface area contributed by atoms with E-state index in [-0.39, 0.29) is 0 Å². The molecule has 0 spiro atoms. The molecule has 0 radical (unpaired) electrons. The van der Waals surface area contributed by atoms with E-state index in [2.05, 4.69) is 17.0 Å². The molecule has 0 amide bonds. The molecule has 7 heavy (non-hydrogen) atoms. The molecule has 0 aliphatic rings. The number of hydrogen-bond donors (Lipinski definition) is 0. The maximum atomic E-state index is 9.46. The molecular formula is C4H6O2S. The minimum Gasteiger partial charge on any atom is -0.421 e. The van der Waals surface area contributed by atoms with Crippen LogP contribution in [0.15, 0.2) is 0 Å². The van der Waals surface area contributed by atoms with Crippen LogP contribution in [0.4, 0.5) is 0 Å². The van der Waals surface area contributed by atoms with Crippen molar-refractivity contribution in [2.75, 3.05) is 0 Å². The second-order valence-corrected chi connectivity index (χ2v) is 1.39. The van der Waals surface area contributed by atoms with E-state index in [1.807, 2.05) is 6.92 Å². The van der Waals surface area contributed by atoms with Gasteiger partial charge < -0.3 is 4.74 Å². The van der Waals surface area contributed by atoms with E-state index in [1.165, 1.54) is 0 Å². The molecule has 0 saturated heterocycles. The molecule has 0 N–H and O–H groups in total. The molecule has 0 aliphatic heterocycles. The first kappa shape index (κ1) is 6.56. The van der Waals surface area contributed by atoms with Crippen molar-refractivity contribution in [3.05, 3.63) is 0 Å². The molecular weight excluding hydrogens is 112 g/mol. The maximum Gasteiger partial charge on any atom is 0.298 e. The van der Waals surface area contributed by atoms with Gasteiger partial charge in [0.2, 0.25) is 0 Å². The third-order valence-corrected chi connectivity index (χ3v) is 0.853. The molecule has 40 valence electrons. The van der Waals surface area contributed by atoms with Crippen molar-refractivity contribution in [1.82, 2.24) is 0 Å². The number of carbonyl (C=O) groups excluding carboxylic acids is 1. The summed E-state index contributed by atoms with van der Waals surface area (Å²) in [4.78, 5) is 9.46. The van der Waals surface area contributed by atoms with Crippen LogP contribution < -0.4 is 0 Å². The second kappa shape index (κ2) is 3.74. The summed E-state index contributed by atoms with van der Waals surface area (Å²) >= 11 is 4.50. The van der Waals surface area contributed by atoms with Gasteiger partial charge in [0.25, 0.3) is 6.47 Å². The van der Waals surface area contributed by atoms with Gasteiger partial charge in [-0.15, -0.1) is 0 Å². The lowest BCUT2D eigenvalue weighted by Gasteiger charge is -1.89. The molecule has 0 aromatic rings. The zero-order valence-electron chi connectivity index (χ0n) is 4.01. The lowest BCUT2D eigenvalue weighted by Crippen LogP contribution is -1.95. The normalized spacial score (nSPS) is 7.57. The molecule has 0 aliphatic carbocycles. The molecule has 3 heteroatoms. The molecule has 0 saturated carbocycles. The van der Waals surface area contributed by atoms with E-state index in [4.69, 9.17) is 0 Å². The summed E-state index contributed by atoms with van der Waals surface area (Å²) in [6.07, 6.45) is 0.619. The smallest absolute Gasteiger partial charge is 0.298 e. The Morgan fingerprint density at radius 1 is 2.00 bits per heavy atom. The fourth-order valence-corrected chi connectivity index (χ4v) is 0.176. The Hall–Kier alpha value is -0.440. The van der Waals surface area contributed by atoms with Gasteiger partial charge in [0.05, 0.1) is 0 Å². The summed E-state index contributed by atoms with van der Waals surface area (Å²) in [5.41, 5.74) is 0. The third-order valence-electron chi connectivity index (χ3n) is 0.468. The molecule has 0 rings (SSSR count). The minimum atomic E-state index is 0.339. The largest absolute Gasteiger partial charge is 0.421 e. The fourth-order valence-electron chi connectivity index (χ4n) is 0.137. The SMILES string of the molecule is CCC(=S)OC=O. The summed E-state index contributed by atoms with van der Waals surface area (Å²) < 4.78 is 4.24. The molecule has 0 bridgehead atoms. The van der Waals surface area contributed by atoms with Gasteiger partial charge in [0.1, 0.15) is 0 Å². The Balaban J connectivity index is 3.17. The summed E-state index contributed by atoms with van der Waals surface area (Å²) in [6, 6.07) is 0. The molecule has 2 nitrogen and oxygen atoms in total. The van der Waals surface area contributed by atoms with Crippen molar-refractivity contribution in [2.45, 2.75) is 13.3 Å².